The topological polar surface area (TPSA) is 43.8 Å². The van der Waals surface area contributed by atoms with Crippen molar-refractivity contribution in [3.63, 3.8) is 0 Å². The van der Waals surface area contributed by atoms with Gasteiger partial charge in [0.15, 0.2) is 0 Å². The number of hydrogen-bond donors (Lipinski definition) is 1. The predicted molar refractivity (Wildman–Crippen MR) is 64.4 cm³/mol. The van der Waals surface area contributed by atoms with E-state index in [1.807, 2.05) is 20.8 Å². The Balaban J connectivity index is 3.03. The molecule has 1 unspecified atom stereocenters. The van der Waals surface area contributed by atoms with Crippen molar-refractivity contribution in [3.05, 3.63) is 16.4 Å². The molecule has 1 aromatic heterocycles. The Bertz CT molecular complexity index is 376. The Hall–Kier alpha value is -0.610. The molecule has 1 aromatic rings. The fraction of sp³-hybridized carbons (Fsp3) is 0.727. The summed E-state index contributed by atoms with van der Waals surface area (Å²) in [5.74, 6) is -0.145. The van der Waals surface area contributed by atoms with Crippen LogP contribution in [0.3, 0.4) is 0 Å². The summed E-state index contributed by atoms with van der Waals surface area (Å²) in [5, 5.41) is 4.66. The van der Waals surface area contributed by atoms with E-state index in [9.17, 15) is 4.39 Å². The molecule has 0 bridgehead atoms. The van der Waals surface area contributed by atoms with Gasteiger partial charge in [-0.2, -0.15) is 5.10 Å². The summed E-state index contributed by atoms with van der Waals surface area (Å²) in [4.78, 5) is 0. The zero-order valence-electron chi connectivity index (χ0n) is 10.2. The summed E-state index contributed by atoms with van der Waals surface area (Å²) in [6, 6.07) is 0. The Morgan fingerprint density at radius 3 is 2.44 bits per heavy atom. The van der Waals surface area contributed by atoms with Crippen LogP contribution in [0.2, 0.25) is 5.15 Å². The van der Waals surface area contributed by atoms with Crippen LogP contribution >= 0.6 is 11.6 Å². The van der Waals surface area contributed by atoms with E-state index in [2.05, 4.69) is 5.10 Å². The highest BCUT2D eigenvalue weighted by Crippen LogP contribution is 2.30. The first kappa shape index (κ1) is 13.5. The van der Waals surface area contributed by atoms with Gasteiger partial charge in [-0.25, -0.2) is 4.39 Å². The number of hydrogen-bond acceptors (Lipinski definition) is 2. The quantitative estimate of drug-likeness (QED) is 0.887. The van der Waals surface area contributed by atoms with Crippen molar-refractivity contribution in [1.29, 1.82) is 0 Å². The van der Waals surface area contributed by atoms with Gasteiger partial charge in [-0.1, -0.05) is 25.4 Å². The molecule has 0 spiro atoms. The molecule has 0 fully saturated rings. The van der Waals surface area contributed by atoms with Gasteiger partial charge in [-0.3, -0.25) is 4.68 Å². The Kier molecular flexibility index (Phi) is 3.97. The maximum absolute atomic E-state index is 14.5. The van der Waals surface area contributed by atoms with E-state index < -0.39 is 5.67 Å². The van der Waals surface area contributed by atoms with Gasteiger partial charge in [0.1, 0.15) is 10.8 Å². The standard InChI is InChI=1S/C11H19ClFN3/c1-7(2)11(13,6-14)5-9-8(3)15-16(4)10(9)12/h7H,5-6,14H2,1-4H3. The molecule has 1 rings (SSSR count). The summed E-state index contributed by atoms with van der Waals surface area (Å²) >= 11 is 6.07. The summed E-state index contributed by atoms with van der Waals surface area (Å²) in [6.07, 6.45) is 0.222. The lowest BCUT2D eigenvalue weighted by Gasteiger charge is -2.27. The molecule has 0 radical (unpaired) electrons. The van der Waals surface area contributed by atoms with Crippen LogP contribution in [0.4, 0.5) is 4.39 Å². The molecule has 2 N–H and O–H groups in total. The number of halogens is 2. The smallest absolute Gasteiger partial charge is 0.130 e. The molecule has 3 nitrogen and oxygen atoms in total. The molecule has 0 aromatic carbocycles. The lowest BCUT2D eigenvalue weighted by atomic mass is 9.86. The van der Waals surface area contributed by atoms with Crippen molar-refractivity contribution >= 4 is 11.6 Å². The lowest BCUT2D eigenvalue weighted by Crippen LogP contribution is -2.40. The minimum atomic E-state index is -1.42. The van der Waals surface area contributed by atoms with Crippen molar-refractivity contribution in [1.82, 2.24) is 9.78 Å². The minimum Gasteiger partial charge on any atom is -0.328 e. The van der Waals surface area contributed by atoms with Crippen molar-refractivity contribution in [2.45, 2.75) is 32.9 Å². The highest BCUT2D eigenvalue weighted by molar-refractivity contribution is 6.30. The molecule has 5 heteroatoms. The van der Waals surface area contributed by atoms with Gasteiger partial charge in [-0.15, -0.1) is 0 Å². The molecule has 0 aliphatic carbocycles. The average Bonchev–Trinajstić information content (AvgIpc) is 2.44. The van der Waals surface area contributed by atoms with E-state index >= 15 is 0 Å². The van der Waals surface area contributed by atoms with Gasteiger partial charge in [0, 0.05) is 25.6 Å². The van der Waals surface area contributed by atoms with Crippen molar-refractivity contribution < 1.29 is 4.39 Å². The summed E-state index contributed by atoms with van der Waals surface area (Å²) in [6.45, 7) is 5.48. The highest BCUT2D eigenvalue weighted by Gasteiger charge is 2.34. The normalized spacial score (nSPS) is 15.5. The SMILES string of the molecule is Cc1nn(C)c(Cl)c1CC(F)(CN)C(C)C. The number of nitrogens with two attached hydrogens (primary N) is 1. The molecule has 0 aliphatic rings. The summed E-state index contributed by atoms with van der Waals surface area (Å²) in [5.41, 5.74) is 5.62. The third-order valence-corrected chi connectivity index (χ3v) is 3.59. The fourth-order valence-corrected chi connectivity index (χ4v) is 1.92. The van der Waals surface area contributed by atoms with Crippen LogP contribution in [0, 0.1) is 12.8 Å². The van der Waals surface area contributed by atoms with Gasteiger partial charge in [0.05, 0.1) is 5.69 Å². The Morgan fingerprint density at radius 1 is 1.56 bits per heavy atom. The number of aryl methyl sites for hydroxylation is 2. The molecule has 1 atom stereocenters. The van der Waals surface area contributed by atoms with Gasteiger partial charge in [0.2, 0.25) is 0 Å². The zero-order chi connectivity index (χ0) is 12.5. The first-order valence-electron chi connectivity index (χ1n) is 5.38. The van der Waals surface area contributed by atoms with E-state index in [1.165, 1.54) is 0 Å². The van der Waals surface area contributed by atoms with Crippen LogP contribution < -0.4 is 5.73 Å². The molecule has 16 heavy (non-hydrogen) atoms. The maximum atomic E-state index is 14.5. The van der Waals surface area contributed by atoms with E-state index in [0.29, 0.717) is 5.15 Å². The van der Waals surface area contributed by atoms with Crippen LogP contribution in [0.15, 0.2) is 0 Å². The molecule has 92 valence electrons. The number of nitrogens with zero attached hydrogens (tertiary/aromatic N) is 2. The largest absolute Gasteiger partial charge is 0.328 e. The van der Waals surface area contributed by atoms with Gasteiger partial charge < -0.3 is 5.73 Å². The third-order valence-electron chi connectivity index (χ3n) is 3.11. The first-order valence-corrected chi connectivity index (χ1v) is 5.76. The van der Waals surface area contributed by atoms with Crippen LogP contribution in [0.5, 0.6) is 0 Å². The molecule has 0 aliphatic heterocycles. The van der Waals surface area contributed by atoms with Gasteiger partial charge in [0.25, 0.3) is 0 Å². The average molecular weight is 248 g/mol. The van der Waals surface area contributed by atoms with Crippen LogP contribution in [-0.2, 0) is 13.5 Å². The second kappa shape index (κ2) is 4.72. The number of rotatable bonds is 4. The van der Waals surface area contributed by atoms with Crippen molar-refractivity contribution in [3.8, 4) is 0 Å². The van der Waals surface area contributed by atoms with Crippen LogP contribution in [0.25, 0.3) is 0 Å². The van der Waals surface area contributed by atoms with Crippen LogP contribution in [0.1, 0.15) is 25.1 Å². The highest BCUT2D eigenvalue weighted by atomic mass is 35.5. The lowest BCUT2D eigenvalue weighted by molar-refractivity contribution is 0.110. The second-order valence-corrected chi connectivity index (χ2v) is 4.91. The summed E-state index contributed by atoms with van der Waals surface area (Å²) in [7, 11) is 1.75. The van der Waals surface area contributed by atoms with E-state index in [0.717, 1.165) is 11.3 Å². The van der Waals surface area contributed by atoms with Crippen molar-refractivity contribution in [2.24, 2.45) is 18.7 Å². The molecule has 0 saturated carbocycles. The van der Waals surface area contributed by atoms with E-state index in [1.54, 1.807) is 11.7 Å². The van der Waals surface area contributed by atoms with Gasteiger partial charge >= 0.3 is 0 Å². The predicted octanol–water partition coefficient (Wildman–Crippen LogP) is 2.25. The Morgan fingerprint density at radius 2 is 2.12 bits per heavy atom. The monoisotopic (exact) mass is 247 g/mol. The van der Waals surface area contributed by atoms with E-state index in [4.69, 9.17) is 17.3 Å². The molecular formula is C11H19ClFN3. The second-order valence-electron chi connectivity index (χ2n) is 4.55. The zero-order valence-corrected chi connectivity index (χ0v) is 11.0. The van der Waals surface area contributed by atoms with Gasteiger partial charge in [-0.05, 0) is 12.8 Å². The maximum Gasteiger partial charge on any atom is 0.130 e. The molecular weight excluding hydrogens is 229 g/mol. The third kappa shape index (κ3) is 2.38. The Labute approximate surface area is 101 Å². The molecule has 0 amide bonds. The first-order chi connectivity index (χ1) is 7.31. The number of alkyl halides is 1. The minimum absolute atomic E-state index is 0.00463. The fourth-order valence-electron chi connectivity index (χ4n) is 1.68. The molecule has 0 saturated heterocycles. The number of aromatic nitrogens is 2. The summed E-state index contributed by atoms with van der Waals surface area (Å²) < 4.78 is 16.0. The van der Waals surface area contributed by atoms with Crippen molar-refractivity contribution in [2.75, 3.05) is 6.54 Å². The van der Waals surface area contributed by atoms with Crippen LogP contribution in [-0.4, -0.2) is 22.0 Å². The molecule has 1 heterocycles. The van der Waals surface area contributed by atoms with E-state index in [-0.39, 0.29) is 18.9 Å².